The van der Waals surface area contributed by atoms with Crippen LogP contribution >= 0.6 is 11.3 Å². The number of nitrogens with two attached hydrogens (primary N) is 1. The molecule has 0 aliphatic heterocycles. The average molecular weight is 260 g/mol. The molecule has 0 unspecified atom stereocenters. The molecule has 0 radical (unpaired) electrons. The molecule has 4 heteroatoms. The van der Waals surface area contributed by atoms with Crippen molar-refractivity contribution in [3.8, 4) is 0 Å². The van der Waals surface area contributed by atoms with Crippen molar-refractivity contribution in [1.82, 2.24) is 4.90 Å². The number of hydrogen-bond donors (Lipinski definition) is 1. The number of amides is 1. The predicted octanol–water partition coefficient (Wildman–Crippen LogP) is 2.91. The molecule has 0 aliphatic rings. The first-order valence-corrected chi connectivity index (χ1v) is 6.60. The number of nitrogens with zero attached hydrogens (tertiary/aromatic N) is 1. The Balaban J connectivity index is 2.14. The number of rotatable bonds is 3. The summed E-state index contributed by atoms with van der Waals surface area (Å²) in [5, 5.41) is 1.84. The monoisotopic (exact) mass is 260 g/mol. The van der Waals surface area contributed by atoms with Gasteiger partial charge in [-0.25, -0.2) is 0 Å². The summed E-state index contributed by atoms with van der Waals surface area (Å²) in [6.07, 6.45) is 0. The Labute approximate surface area is 111 Å². The summed E-state index contributed by atoms with van der Waals surface area (Å²) < 4.78 is 0. The Morgan fingerprint density at radius 1 is 1.33 bits per heavy atom. The van der Waals surface area contributed by atoms with Crippen LogP contribution in [0, 0.1) is 6.92 Å². The molecule has 1 aromatic carbocycles. The zero-order chi connectivity index (χ0) is 13.1. The average Bonchev–Trinajstić information content (AvgIpc) is 2.77. The van der Waals surface area contributed by atoms with Crippen molar-refractivity contribution in [2.75, 3.05) is 12.8 Å². The number of anilines is 1. The van der Waals surface area contributed by atoms with Crippen LogP contribution in [0.5, 0.6) is 0 Å². The van der Waals surface area contributed by atoms with Gasteiger partial charge in [-0.05, 0) is 29.5 Å². The molecule has 94 valence electrons. The van der Waals surface area contributed by atoms with Crippen molar-refractivity contribution in [1.29, 1.82) is 0 Å². The van der Waals surface area contributed by atoms with Crippen LogP contribution in [0.3, 0.4) is 0 Å². The highest BCUT2D eigenvalue weighted by Gasteiger charge is 2.16. The maximum atomic E-state index is 12.2. The van der Waals surface area contributed by atoms with E-state index in [9.17, 15) is 4.79 Å². The van der Waals surface area contributed by atoms with Gasteiger partial charge >= 0.3 is 0 Å². The van der Waals surface area contributed by atoms with Crippen molar-refractivity contribution in [2.24, 2.45) is 0 Å². The first kappa shape index (κ1) is 12.6. The molecule has 1 heterocycles. The molecule has 0 fully saturated rings. The van der Waals surface area contributed by atoms with Gasteiger partial charge in [0.2, 0.25) is 0 Å². The Morgan fingerprint density at radius 2 is 2.06 bits per heavy atom. The van der Waals surface area contributed by atoms with E-state index in [2.05, 4.69) is 0 Å². The van der Waals surface area contributed by atoms with Gasteiger partial charge in [-0.2, -0.15) is 0 Å². The second kappa shape index (κ2) is 5.23. The predicted molar refractivity (Wildman–Crippen MR) is 75.7 cm³/mol. The minimum atomic E-state index is -0.0225. The Hall–Kier alpha value is -1.81. The van der Waals surface area contributed by atoms with Gasteiger partial charge in [-0.3, -0.25) is 4.79 Å². The van der Waals surface area contributed by atoms with Gasteiger partial charge in [0.1, 0.15) is 4.88 Å². The normalized spacial score (nSPS) is 10.3. The van der Waals surface area contributed by atoms with Crippen LogP contribution in [-0.4, -0.2) is 17.9 Å². The second-order valence-electron chi connectivity index (χ2n) is 4.29. The molecule has 0 saturated carbocycles. The number of hydrogen-bond acceptors (Lipinski definition) is 3. The third kappa shape index (κ3) is 2.54. The maximum absolute atomic E-state index is 12.2. The molecule has 0 aliphatic carbocycles. The van der Waals surface area contributed by atoms with E-state index in [1.54, 1.807) is 18.0 Å². The Morgan fingerprint density at radius 3 is 2.67 bits per heavy atom. The third-order valence-electron chi connectivity index (χ3n) is 2.91. The fourth-order valence-corrected chi connectivity index (χ4v) is 2.59. The van der Waals surface area contributed by atoms with Crippen LogP contribution in [0.15, 0.2) is 35.7 Å². The summed E-state index contributed by atoms with van der Waals surface area (Å²) in [6.45, 7) is 2.65. The van der Waals surface area contributed by atoms with E-state index in [-0.39, 0.29) is 5.91 Å². The molecule has 3 nitrogen and oxygen atoms in total. The molecule has 0 spiro atoms. The van der Waals surface area contributed by atoms with Crippen molar-refractivity contribution >= 4 is 22.9 Å². The van der Waals surface area contributed by atoms with Gasteiger partial charge in [0.05, 0.1) is 5.69 Å². The van der Waals surface area contributed by atoms with Crippen LogP contribution in [0.2, 0.25) is 0 Å². The standard InChI is InChI=1S/C14H16N2OS/c1-10-5-3-4-6-11(10)9-16(2)14(17)13-12(15)7-8-18-13/h3-8H,9,15H2,1-2H3. The zero-order valence-corrected chi connectivity index (χ0v) is 11.3. The number of aryl methyl sites for hydroxylation is 1. The third-order valence-corrected chi connectivity index (χ3v) is 3.82. The molecule has 0 bridgehead atoms. The zero-order valence-electron chi connectivity index (χ0n) is 10.5. The summed E-state index contributed by atoms with van der Waals surface area (Å²) in [5.41, 5.74) is 8.67. The van der Waals surface area contributed by atoms with Crippen molar-refractivity contribution in [3.63, 3.8) is 0 Å². The number of carbonyl (C=O) groups excluding carboxylic acids is 1. The Kier molecular flexibility index (Phi) is 3.67. The highest BCUT2D eigenvalue weighted by Crippen LogP contribution is 2.21. The smallest absolute Gasteiger partial charge is 0.266 e. The van der Waals surface area contributed by atoms with E-state index in [1.165, 1.54) is 16.9 Å². The fourth-order valence-electron chi connectivity index (χ4n) is 1.78. The summed E-state index contributed by atoms with van der Waals surface area (Å²) in [5.74, 6) is -0.0225. The number of carbonyl (C=O) groups is 1. The number of thiophene rings is 1. The number of nitrogen functional groups attached to an aromatic ring is 1. The van der Waals surface area contributed by atoms with Gasteiger partial charge in [0, 0.05) is 13.6 Å². The largest absolute Gasteiger partial charge is 0.397 e. The molecular weight excluding hydrogens is 244 g/mol. The lowest BCUT2D eigenvalue weighted by molar-refractivity contribution is 0.0790. The lowest BCUT2D eigenvalue weighted by atomic mass is 10.1. The van der Waals surface area contributed by atoms with Gasteiger partial charge in [0.15, 0.2) is 0 Å². The van der Waals surface area contributed by atoms with Gasteiger partial charge < -0.3 is 10.6 Å². The number of benzene rings is 1. The van der Waals surface area contributed by atoms with E-state index in [0.717, 1.165) is 5.56 Å². The minimum Gasteiger partial charge on any atom is -0.397 e. The van der Waals surface area contributed by atoms with E-state index in [4.69, 9.17) is 5.73 Å². The first-order chi connectivity index (χ1) is 8.59. The molecular formula is C14H16N2OS. The molecule has 1 aromatic heterocycles. The van der Waals surface area contributed by atoms with Crippen LogP contribution < -0.4 is 5.73 Å². The lowest BCUT2D eigenvalue weighted by Crippen LogP contribution is -2.26. The van der Waals surface area contributed by atoms with Crippen LogP contribution in [0.1, 0.15) is 20.8 Å². The van der Waals surface area contributed by atoms with Gasteiger partial charge in [0.25, 0.3) is 5.91 Å². The highest BCUT2D eigenvalue weighted by molar-refractivity contribution is 7.12. The first-order valence-electron chi connectivity index (χ1n) is 5.72. The molecule has 1 amide bonds. The summed E-state index contributed by atoms with van der Waals surface area (Å²) >= 11 is 1.38. The SMILES string of the molecule is Cc1ccccc1CN(C)C(=O)c1sccc1N. The van der Waals surface area contributed by atoms with E-state index >= 15 is 0 Å². The van der Waals surface area contributed by atoms with E-state index in [1.807, 2.05) is 36.6 Å². The second-order valence-corrected chi connectivity index (χ2v) is 5.21. The van der Waals surface area contributed by atoms with E-state index < -0.39 is 0 Å². The molecule has 18 heavy (non-hydrogen) atoms. The van der Waals surface area contributed by atoms with Crippen LogP contribution in [0.4, 0.5) is 5.69 Å². The molecule has 2 rings (SSSR count). The minimum absolute atomic E-state index is 0.0225. The van der Waals surface area contributed by atoms with Crippen molar-refractivity contribution < 1.29 is 4.79 Å². The van der Waals surface area contributed by atoms with Crippen molar-refractivity contribution in [3.05, 3.63) is 51.7 Å². The summed E-state index contributed by atoms with van der Waals surface area (Å²) in [7, 11) is 1.80. The maximum Gasteiger partial charge on any atom is 0.266 e. The van der Waals surface area contributed by atoms with Crippen LogP contribution in [0.25, 0.3) is 0 Å². The topological polar surface area (TPSA) is 46.3 Å². The van der Waals surface area contributed by atoms with Crippen molar-refractivity contribution in [2.45, 2.75) is 13.5 Å². The fraction of sp³-hybridized carbons (Fsp3) is 0.214. The van der Waals surface area contributed by atoms with Gasteiger partial charge in [-0.15, -0.1) is 11.3 Å². The highest BCUT2D eigenvalue weighted by atomic mass is 32.1. The summed E-state index contributed by atoms with van der Waals surface area (Å²) in [4.78, 5) is 14.5. The quantitative estimate of drug-likeness (QED) is 0.922. The molecule has 0 saturated heterocycles. The van der Waals surface area contributed by atoms with E-state index in [0.29, 0.717) is 17.1 Å². The molecule has 2 aromatic rings. The molecule has 0 atom stereocenters. The molecule has 2 N–H and O–H groups in total. The lowest BCUT2D eigenvalue weighted by Gasteiger charge is -2.18. The summed E-state index contributed by atoms with van der Waals surface area (Å²) in [6, 6.07) is 9.83. The van der Waals surface area contributed by atoms with Crippen LogP contribution in [-0.2, 0) is 6.54 Å². The van der Waals surface area contributed by atoms with Gasteiger partial charge in [-0.1, -0.05) is 24.3 Å². The Bertz CT molecular complexity index is 562.